The van der Waals surface area contributed by atoms with Crippen LogP contribution in [0, 0.1) is 0 Å². The highest BCUT2D eigenvalue weighted by molar-refractivity contribution is 7.98. The van der Waals surface area contributed by atoms with Gasteiger partial charge in [-0.2, -0.15) is 11.8 Å². The molecule has 0 fully saturated rings. The molecular weight excluding hydrogens is 346 g/mol. The van der Waals surface area contributed by atoms with Gasteiger partial charge in [0.15, 0.2) is 11.5 Å². The molecule has 0 unspecified atom stereocenters. The molecule has 140 valence electrons. The molecule has 0 saturated carbocycles. The van der Waals surface area contributed by atoms with Crippen molar-refractivity contribution in [3.63, 3.8) is 0 Å². The molecule has 1 aromatic carbocycles. The third-order valence-corrected chi connectivity index (χ3v) is 5.05. The number of thioether (sulfide) groups is 1. The Balaban J connectivity index is 2.44. The van der Waals surface area contributed by atoms with Crippen LogP contribution in [0.3, 0.4) is 0 Å². The Hall–Kier alpha value is -1.80. The van der Waals surface area contributed by atoms with Crippen molar-refractivity contribution in [3.05, 3.63) is 11.1 Å². The number of ether oxygens (including phenoxy) is 4. The second-order valence-corrected chi connectivity index (χ2v) is 7.41. The summed E-state index contributed by atoms with van der Waals surface area (Å²) in [7, 11) is 4.70. The molecule has 0 aliphatic carbocycles. The number of aliphatic carboxylic acids is 1. The van der Waals surface area contributed by atoms with E-state index in [1.54, 1.807) is 21.3 Å². The standard InChI is InChI=1S/C17H25NO6S/c1-17(2)6-9-12(24-17)10(7-25-8-11(18)16(19)20)14(22-4)15(23-5)13(9)21-3/h11H,6-8,18H2,1-5H3,(H,19,20)/t11-/m0/s1. The number of methoxy groups -OCH3 is 3. The van der Waals surface area contributed by atoms with Gasteiger partial charge in [-0.1, -0.05) is 0 Å². The Labute approximate surface area is 151 Å². The fourth-order valence-electron chi connectivity index (χ4n) is 2.89. The van der Waals surface area contributed by atoms with Crippen molar-refractivity contribution in [1.82, 2.24) is 0 Å². The summed E-state index contributed by atoms with van der Waals surface area (Å²) in [6, 6.07) is -0.915. The monoisotopic (exact) mass is 371 g/mol. The lowest BCUT2D eigenvalue weighted by Crippen LogP contribution is -2.32. The molecule has 25 heavy (non-hydrogen) atoms. The normalized spacial score (nSPS) is 15.9. The highest BCUT2D eigenvalue weighted by atomic mass is 32.2. The van der Waals surface area contributed by atoms with Crippen LogP contribution in [0.15, 0.2) is 0 Å². The molecular formula is C17H25NO6S. The van der Waals surface area contributed by atoms with Crippen molar-refractivity contribution in [3.8, 4) is 23.0 Å². The maximum absolute atomic E-state index is 10.9. The Kier molecular flexibility index (Phi) is 5.95. The van der Waals surface area contributed by atoms with E-state index in [2.05, 4.69) is 0 Å². The average molecular weight is 371 g/mol. The number of hydrogen-bond acceptors (Lipinski definition) is 7. The molecule has 0 radical (unpaired) electrons. The first-order valence-electron chi connectivity index (χ1n) is 7.84. The van der Waals surface area contributed by atoms with E-state index in [9.17, 15) is 4.79 Å². The molecule has 0 bridgehead atoms. The van der Waals surface area contributed by atoms with Crippen molar-refractivity contribution in [2.75, 3.05) is 27.1 Å². The summed E-state index contributed by atoms with van der Waals surface area (Å²) in [6.45, 7) is 4.01. The van der Waals surface area contributed by atoms with Crippen LogP contribution in [0.2, 0.25) is 0 Å². The Morgan fingerprint density at radius 1 is 1.24 bits per heavy atom. The molecule has 0 aromatic heterocycles. The number of carboxylic acid groups (broad SMARTS) is 1. The fourth-order valence-corrected chi connectivity index (χ4v) is 3.88. The Morgan fingerprint density at radius 2 is 1.84 bits per heavy atom. The number of nitrogens with two attached hydrogens (primary N) is 1. The Morgan fingerprint density at radius 3 is 2.36 bits per heavy atom. The zero-order valence-electron chi connectivity index (χ0n) is 15.2. The highest BCUT2D eigenvalue weighted by Crippen LogP contribution is 2.54. The van der Waals surface area contributed by atoms with Gasteiger partial charge in [0.1, 0.15) is 17.4 Å². The number of fused-ring (bicyclic) bond motifs is 1. The number of benzene rings is 1. The molecule has 3 N–H and O–H groups in total. The summed E-state index contributed by atoms with van der Waals surface area (Å²) in [6.07, 6.45) is 0.679. The minimum Gasteiger partial charge on any atom is -0.492 e. The summed E-state index contributed by atoms with van der Waals surface area (Å²) in [4.78, 5) is 10.9. The van der Waals surface area contributed by atoms with Crippen molar-refractivity contribution >= 4 is 17.7 Å². The molecule has 2 rings (SSSR count). The minimum absolute atomic E-state index is 0.283. The minimum atomic E-state index is -1.02. The lowest BCUT2D eigenvalue weighted by molar-refractivity contribution is -0.137. The second-order valence-electron chi connectivity index (χ2n) is 6.38. The summed E-state index contributed by atoms with van der Waals surface area (Å²) in [5.41, 5.74) is 6.97. The van der Waals surface area contributed by atoms with Gasteiger partial charge in [-0.25, -0.2) is 0 Å². The number of carboxylic acids is 1. The average Bonchev–Trinajstić information content (AvgIpc) is 2.88. The lowest BCUT2D eigenvalue weighted by Gasteiger charge is -2.21. The summed E-state index contributed by atoms with van der Waals surface area (Å²) >= 11 is 1.41. The van der Waals surface area contributed by atoms with Crippen molar-refractivity contribution in [2.45, 2.75) is 37.7 Å². The van der Waals surface area contributed by atoms with Crippen LogP contribution in [0.4, 0.5) is 0 Å². The third kappa shape index (κ3) is 3.90. The van der Waals surface area contributed by atoms with E-state index < -0.39 is 12.0 Å². The van der Waals surface area contributed by atoms with Crippen molar-refractivity contribution < 1.29 is 28.8 Å². The highest BCUT2D eigenvalue weighted by Gasteiger charge is 2.38. The van der Waals surface area contributed by atoms with Gasteiger partial charge in [0.25, 0.3) is 0 Å². The fraction of sp³-hybridized carbons (Fsp3) is 0.588. The van der Waals surface area contributed by atoms with Gasteiger partial charge in [0.2, 0.25) is 5.75 Å². The maximum atomic E-state index is 10.9. The van der Waals surface area contributed by atoms with Crippen LogP contribution < -0.4 is 24.7 Å². The van der Waals surface area contributed by atoms with E-state index in [0.29, 0.717) is 29.4 Å². The third-order valence-electron chi connectivity index (χ3n) is 3.96. The topological polar surface area (TPSA) is 100 Å². The van der Waals surface area contributed by atoms with Gasteiger partial charge in [0, 0.05) is 23.5 Å². The van der Waals surface area contributed by atoms with Crippen LogP contribution in [0.5, 0.6) is 23.0 Å². The van der Waals surface area contributed by atoms with E-state index in [0.717, 1.165) is 16.9 Å². The first-order chi connectivity index (χ1) is 11.8. The quantitative estimate of drug-likeness (QED) is 0.716. The maximum Gasteiger partial charge on any atom is 0.321 e. The van der Waals surface area contributed by atoms with E-state index >= 15 is 0 Å². The molecule has 0 spiro atoms. The van der Waals surface area contributed by atoms with Crippen molar-refractivity contribution in [2.24, 2.45) is 5.73 Å². The zero-order valence-corrected chi connectivity index (χ0v) is 16.0. The first-order valence-corrected chi connectivity index (χ1v) is 9.00. The molecule has 8 heteroatoms. The predicted molar refractivity (Wildman–Crippen MR) is 96.3 cm³/mol. The summed E-state index contributed by atoms with van der Waals surface area (Å²) in [5.74, 6) is 2.13. The molecule has 7 nitrogen and oxygen atoms in total. The molecule has 0 amide bonds. The molecule has 1 heterocycles. The SMILES string of the molecule is COc1c(CSC[C@H](N)C(=O)O)c2c(c(OC)c1OC)CC(C)(C)O2. The number of rotatable bonds is 8. The van der Waals surface area contributed by atoms with Crippen LogP contribution in [0.25, 0.3) is 0 Å². The molecule has 1 aliphatic heterocycles. The van der Waals surface area contributed by atoms with Gasteiger partial charge < -0.3 is 29.8 Å². The van der Waals surface area contributed by atoms with E-state index in [4.69, 9.17) is 29.8 Å². The molecule has 1 aliphatic rings. The first kappa shape index (κ1) is 19.5. The second kappa shape index (κ2) is 7.61. The zero-order chi connectivity index (χ0) is 18.8. The summed E-state index contributed by atoms with van der Waals surface area (Å²) < 4.78 is 22.8. The smallest absolute Gasteiger partial charge is 0.321 e. The van der Waals surface area contributed by atoms with E-state index in [1.807, 2.05) is 13.8 Å². The van der Waals surface area contributed by atoms with Crippen LogP contribution in [-0.2, 0) is 17.0 Å². The van der Waals surface area contributed by atoms with E-state index in [1.165, 1.54) is 11.8 Å². The van der Waals surface area contributed by atoms with Gasteiger partial charge in [0.05, 0.1) is 26.9 Å². The van der Waals surface area contributed by atoms with Crippen LogP contribution in [0.1, 0.15) is 25.0 Å². The number of hydrogen-bond donors (Lipinski definition) is 2. The molecule has 0 saturated heterocycles. The molecule has 1 aromatic rings. The van der Waals surface area contributed by atoms with Crippen LogP contribution in [-0.4, -0.2) is 49.8 Å². The Bertz CT molecular complexity index is 661. The number of carbonyl (C=O) groups is 1. The molecule has 1 atom stereocenters. The van der Waals surface area contributed by atoms with Crippen molar-refractivity contribution in [1.29, 1.82) is 0 Å². The predicted octanol–water partition coefficient (Wildman–Crippen LogP) is 2.07. The van der Waals surface area contributed by atoms with Gasteiger partial charge in [-0.05, 0) is 13.8 Å². The van der Waals surface area contributed by atoms with E-state index in [-0.39, 0.29) is 11.4 Å². The lowest BCUT2D eigenvalue weighted by atomic mass is 9.98. The largest absolute Gasteiger partial charge is 0.492 e. The van der Waals surface area contributed by atoms with Crippen LogP contribution >= 0.6 is 11.8 Å². The van der Waals surface area contributed by atoms with Gasteiger partial charge in [-0.15, -0.1) is 0 Å². The van der Waals surface area contributed by atoms with Gasteiger partial charge >= 0.3 is 5.97 Å². The summed E-state index contributed by atoms with van der Waals surface area (Å²) in [5, 5.41) is 8.93. The van der Waals surface area contributed by atoms with Gasteiger partial charge in [-0.3, -0.25) is 4.79 Å².